The Kier molecular flexibility index (Phi) is 14.6. The van der Waals surface area contributed by atoms with Crippen molar-refractivity contribution in [3.63, 3.8) is 0 Å². The van der Waals surface area contributed by atoms with Crippen molar-refractivity contribution in [3.8, 4) is 0 Å². The van der Waals surface area contributed by atoms with Crippen LogP contribution in [0.3, 0.4) is 0 Å². The van der Waals surface area contributed by atoms with E-state index in [1.807, 2.05) is 0 Å². The maximum absolute atomic E-state index is 13.2. The van der Waals surface area contributed by atoms with E-state index in [-0.39, 0.29) is 55.0 Å². The zero-order chi connectivity index (χ0) is 30.1. The summed E-state index contributed by atoms with van der Waals surface area (Å²) in [7, 11) is 1.10. The molecular weight excluding hydrogens is 1280 g/mol. The van der Waals surface area contributed by atoms with Gasteiger partial charge in [-0.25, -0.2) is 0 Å². The molecule has 9 nitrogen and oxygen atoms in total. The standard InChI is InChI=1S/C20H6Cl4I6N2O7/c1-39-14(19(37)31-12-8(27)2(15(21)33)6(25)3(9(12)28)16(22)34)20(38)32-13-10(29)4(17(23)35)7(26)5(11(13)30)18(24)36/h14H,1H3,(H,31,37)(H,32,38). The molecule has 0 bridgehead atoms. The second-order valence-electron chi connectivity index (χ2n) is 6.82. The summed E-state index contributed by atoms with van der Waals surface area (Å²) in [5.74, 6) is -1.96. The number of hydrogen-bond acceptors (Lipinski definition) is 7. The molecule has 2 N–H and O–H groups in total. The summed E-state index contributed by atoms with van der Waals surface area (Å²) in [5.41, 5.74) is -0.224. The van der Waals surface area contributed by atoms with Gasteiger partial charge in [-0.05, 0) is 182 Å². The van der Waals surface area contributed by atoms with Crippen LogP contribution < -0.4 is 10.6 Å². The summed E-state index contributed by atoms with van der Waals surface area (Å²) < 4.78 is 6.30. The quantitative estimate of drug-likeness (QED) is 0.152. The number of carbonyl (C=O) groups is 6. The van der Waals surface area contributed by atoms with Crippen molar-refractivity contribution in [2.24, 2.45) is 0 Å². The van der Waals surface area contributed by atoms with E-state index < -0.39 is 38.9 Å². The lowest BCUT2D eigenvalue weighted by Gasteiger charge is -2.21. The normalized spacial score (nSPS) is 10.9. The molecule has 39 heavy (non-hydrogen) atoms. The molecule has 2 aromatic carbocycles. The molecule has 2 amide bonds. The number of nitrogens with one attached hydrogen (secondary N) is 2. The first-order valence-corrected chi connectivity index (χ1v) is 17.3. The minimum atomic E-state index is -1.78. The predicted molar refractivity (Wildman–Crippen MR) is 198 cm³/mol. The Balaban J connectivity index is 2.59. The van der Waals surface area contributed by atoms with Crippen molar-refractivity contribution in [2.75, 3.05) is 17.7 Å². The van der Waals surface area contributed by atoms with Gasteiger partial charge in [0.25, 0.3) is 32.8 Å². The second-order valence-corrected chi connectivity index (χ2v) is 14.7. The molecule has 0 radical (unpaired) electrons. The first-order chi connectivity index (χ1) is 18.0. The fraction of sp³-hybridized carbons (Fsp3) is 0.100. The van der Waals surface area contributed by atoms with E-state index in [1.165, 1.54) is 0 Å². The van der Waals surface area contributed by atoms with Gasteiger partial charge in [-0.3, -0.25) is 28.8 Å². The highest BCUT2D eigenvalue weighted by atomic mass is 127. The van der Waals surface area contributed by atoms with E-state index in [4.69, 9.17) is 51.1 Å². The summed E-state index contributed by atoms with van der Waals surface area (Å²) in [6, 6.07) is 0. The Labute approximate surface area is 321 Å². The minimum Gasteiger partial charge on any atom is -0.362 e. The average molecular weight is 1290 g/mol. The highest BCUT2D eigenvalue weighted by Gasteiger charge is 2.33. The van der Waals surface area contributed by atoms with Crippen molar-refractivity contribution in [1.82, 2.24) is 0 Å². The molecule has 0 heterocycles. The number of anilines is 2. The summed E-state index contributed by atoms with van der Waals surface area (Å²) in [6.45, 7) is 0. The largest absolute Gasteiger partial charge is 0.362 e. The van der Waals surface area contributed by atoms with Gasteiger partial charge in [0, 0.05) is 14.3 Å². The van der Waals surface area contributed by atoms with Gasteiger partial charge >= 0.3 is 0 Å². The van der Waals surface area contributed by atoms with Gasteiger partial charge in [-0.1, -0.05) is 0 Å². The van der Waals surface area contributed by atoms with E-state index in [9.17, 15) is 28.8 Å². The minimum absolute atomic E-state index is 0.00735. The third-order valence-electron chi connectivity index (χ3n) is 4.63. The van der Waals surface area contributed by atoms with Crippen LogP contribution in [0.5, 0.6) is 0 Å². The van der Waals surface area contributed by atoms with Crippen LogP contribution in [0.25, 0.3) is 0 Å². The predicted octanol–water partition coefficient (Wildman–Crippen LogP) is 7.42. The molecule has 0 aromatic heterocycles. The Morgan fingerprint density at radius 2 is 0.769 bits per heavy atom. The number of ether oxygens (including phenoxy) is 1. The average Bonchev–Trinajstić information content (AvgIpc) is 2.78. The zero-order valence-electron chi connectivity index (χ0n) is 18.2. The number of rotatable bonds is 9. The van der Waals surface area contributed by atoms with Gasteiger partial charge in [0.15, 0.2) is 0 Å². The highest BCUT2D eigenvalue weighted by Crippen LogP contribution is 2.39. The van der Waals surface area contributed by atoms with Crippen LogP contribution in [-0.2, 0) is 14.3 Å². The van der Waals surface area contributed by atoms with Crippen LogP contribution in [0.1, 0.15) is 41.4 Å². The zero-order valence-corrected chi connectivity index (χ0v) is 34.2. The van der Waals surface area contributed by atoms with Crippen molar-refractivity contribution in [1.29, 1.82) is 0 Å². The smallest absolute Gasteiger partial charge is 0.263 e. The monoisotopic (exact) mass is 1290 g/mol. The van der Waals surface area contributed by atoms with Gasteiger partial charge in [0.1, 0.15) is 0 Å². The molecule has 19 heteroatoms. The van der Waals surface area contributed by atoms with Gasteiger partial charge in [0.05, 0.1) is 47.9 Å². The van der Waals surface area contributed by atoms with Gasteiger partial charge in [-0.2, -0.15) is 0 Å². The molecule has 0 spiro atoms. The molecule has 2 aromatic rings. The summed E-state index contributed by atoms with van der Waals surface area (Å²) >= 11 is 33.4. The maximum Gasteiger partial charge on any atom is 0.263 e. The third kappa shape index (κ3) is 7.99. The van der Waals surface area contributed by atoms with Gasteiger partial charge in [0.2, 0.25) is 6.10 Å². The first-order valence-electron chi connectivity index (χ1n) is 9.34. The van der Waals surface area contributed by atoms with Crippen molar-refractivity contribution < 1.29 is 33.5 Å². The number of hydrogen-bond donors (Lipinski definition) is 2. The molecule has 0 fully saturated rings. The topological polar surface area (TPSA) is 136 Å². The molecule has 0 unspecified atom stereocenters. The third-order valence-corrected chi connectivity index (χ3v) is 11.9. The fourth-order valence-corrected chi connectivity index (χ4v) is 13.8. The Morgan fingerprint density at radius 3 is 0.949 bits per heavy atom. The lowest BCUT2D eigenvalue weighted by molar-refractivity contribution is -0.136. The number of methoxy groups -OCH3 is 1. The summed E-state index contributed by atoms with van der Waals surface area (Å²) in [4.78, 5) is 74.7. The van der Waals surface area contributed by atoms with Crippen molar-refractivity contribution >= 4 is 226 Å². The van der Waals surface area contributed by atoms with Crippen LogP contribution in [-0.4, -0.2) is 46.0 Å². The van der Waals surface area contributed by atoms with Crippen LogP contribution in [0.4, 0.5) is 11.4 Å². The Hall–Kier alpha value is 1.56. The van der Waals surface area contributed by atoms with E-state index in [0.717, 1.165) is 7.11 Å². The van der Waals surface area contributed by atoms with Crippen LogP contribution in [0.15, 0.2) is 0 Å². The molecule has 0 aliphatic heterocycles. The lowest BCUT2D eigenvalue weighted by Crippen LogP contribution is -2.41. The molecular formula is C20H6Cl4I6N2O7. The van der Waals surface area contributed by atoms with Gasteiger partial charge < -0.3 is 15.4 Å². The number of carbonyl (C=O) groups excluding carboxylic acids is 6. The van der Waals surface area contributed by atoms with E-state index in [2.05, 4.69) is 10.6 Å². The van der Waals surface area contributed by atoms with Crippen LogP contribution >= 0.6 is 182 Å². The fourth-order valence-electron chi connectivity index (χ4n) is 2.95. The summed E-state index contributed by atoms with van der Waals surface area (Å²) in [5, 5.41) is 1.40. The molecule has 0 atom stereocenters. The lowest BCUT2D eigenvalue weighted by atomic mass is 10.1. The molecule has 208 valence electrons. The van der Waals surface area contributed by atoms with Crippen LogP contribution in [0, 0.1) is 21.4 Å². The number of amides is 2. The SMILES string of the molecule is COC(C(=O)Nc1c(I)c(C(=O)Cl)c(I)c(C(=O)Cl)c1I)C(=O)Nc1c(I)c(C(=O)Cl)c(I)c(C(=O)Cl)c1I. The van der Waals surface area contributed by atoms with E-state index >= 15 is 0 Å². The Bertz CT molecular complexity index is 1300. The molecule has 0 saturated heterocycles. The summed E-state index contributed by atoms with van der Waals surface area (Å²) in [6.07, 6.45) is -1.78. The van der Waals surface area contributed by atoms with Gasteiger partial charge in [-0.15, -0.1) is 0 Å². The number of halogens is 10. The highest BCUT2D eigenvalue weighted by molar-refractivity contribution is 14.1. The second kappa shape index (κ2) is 15.5. The Morgan fingerprint density at radius 1 is 0.538 bits per heavy atom. The maximum atomic E-state index is 13.2. The molecule has 0 aliphatic carbocycles. The molecule has 0 aliphatic rings. The van der Waals surface area contributed by atoms with Crippen molar-refractivity contribution in [3.05, 3.63) is 43.7 Å². The van der Waals surface area contributed by atoms with Crippen LogP contribution in [0.2, 0.25) is 0 Å². The first kappa shape index (κ1) is 36.8. The number of benzene rings is 2. The van der Waals surface area contributed by atoms with E-state index in [1.54, 1.807) is 136 Å². The van der Waals surface area contributed by atoms with E-state index in [0.29, 0.717) is 0 Å². The molecule has 0 saturated carbocycles. The van der Waals surface area contributed by atoms with Crippen molar-refractivity contribution in [2.45, 2.75) is 6.10 Å². The molecule has 2 rings (SSSR count).